The Hall–Kier alpha value is -4.06. The fourth-order valence-corrected chi connectivity index (χ4v) is 4.71. The zero-order valence-electron chi connectivity index (χ0n) is 21.7. The van der Waals surface area contributed by atoms with Gasteiger partial charge in [0.25, 0.3) is 5.91 Å². The topological polar surface area (TPSA) is 81.9 Å². The molecule has 9 heteroatoms. The number of nitriles is 1. The third kappa shape index (κ3) is 7.08. The number of hydrogen-bond acceptors (Lipinski definition) is 7. The van der Waals surface area contributed by atoms with Crippen LogP contribution in [0.15, 0.2) is 96.6 Å². The summed E-state index contributed by atoms with van der Waals surface area (Å²) in [5, 5.41) is 9.06. The summed E-state index contributed by atoms with van der Waals surface area (Å²) >= 11 is 0. The number of nitrogens with zero attached hydrogens (tertiary/aromatic N) is 5. The van der Waals surface area contributed by atoms with Crippen molar-refractivity contribution in [2.75, 3.05) is 44.2 Å². The van der Waals surface area contributed by atoms with Gasteiger partial charge in [0, 0.05) is 44.5 Å². The Balaban J connectivity index is 0.00000353. The summed E-state index contributed by atoms with van der Waals surface area (Å²) < 4.78 is 11.8. The third-order valence-electron chi connectivity index (χ3n) is 6.88. The van der Waals surface area contributed by atoms with E-state index in [1.54, 1.807) is 47.9 Å². The molecule has 0 atom stereocenters. The molecule has 39 heavy (non-hydrogen) atoms. The zero-order chi connectivity index (χ0) is 26.2. The average Bonchev–Trinajstić information content (AvgIpc) is 3.00. The van der Waals surface area contributed by atoms with Gasteiger partial charge >= 0.3 is 0 Å². The predicted octanol–water partition coefficient (Wildman–Crippen LogP) is 4.99. The summed E-state index contributed by atoms with van der Waals surface area (Å²) in [5.41, 5.74) is 2.23. The molecule has 1 amide bonds. The maximum absolute atomic E-state index is 13.3. The monoisotopic (exact) mass is 545 g/mol. The minimum atomic E-state index is -0.119. The van der Waals surface area contributed by atoms with Crippen LogP contribution < -0.4 is 4.90 Å². The van der Waals surface area contributed by atoms with Crippen molar-refractivity contribution in [2.45, 2.75) is 19.3 Å². The van der Waals surface area contributed by atoms with Gasteiger partial charge < -0.3 is 14.4 Å². The van der Waals surface area contributed by atoms with Gasteiger partial charge in [-0.2, -0.15) is 5.26 Å². The quantitative estimate of drug-likeness (QED) is 0.462. The van der Waals surface area contributed by atoms with E-state index in [4.69, 9.17) is 14.7 Å². The molecular weight excluding hydrogens is 514 g/mol. The molecule has 8 nitrogen and oxygen atoms in total. The van der Waals surface area contributed by atoms with E-state index in [-0.39, 0.29) is 18.3 Å². The minimum Gasteiger partial charge on any atom is -0.456 e. The first kappa shape index (κ1) is 28.0. The van der Waals surface area contributed by atoms with Crippen LogP contribution in [0.5, 0.6) is 0 Å². The summed E-state index contributed by atoms with van der Waals surface area (Å²) in [4.78, 5) is 24.0. The van der Waals surface area contributed by atoms with E-state index < -0.39 is 0 Å². The van der Waals surface area contributed by atoms with E-state index in [9.17, 15) is 4.79 Å². The molecule has 3 heterocycles. The van der Waals surface area contributed by atoms with Crippen LogP contribution in [0.1, 0.15) is 35.2 Å². The number of allylic oxidation sites excluding steroid dienone is 4. The Bertz CT molecular complexity index is 1290. The van der Waals surface area contributed by atoms with Gasteiger partial charge in [0.1, 0.15) is 12.1 Å². The second kappa shape index (κ2) is 13.7. The number of benzene rings is 1. The number of pyridine rings is 1. The highest BCUT2D eigenvalue weighted by atomic mass is 35.5. The number of carbonyl (C=O) groups is 1. The van der Waals surface area contributed by atoms with Crippen LogP contribution in [0.25, 0.3) is 0 Å². The highest BCUT2D eigenvalue weighted by Crippen LogP contribution is 2.26. The standard InChI is InChI=1S/C30H31N5O3.ClH/c31-21-24-10-12-26(13-11-24)30(36)35(28-9-4-5-14-32-28)16-6-15-33-17-19-34(20-18-33)29-23-37-27(22-38-29)25-7-2-1-3-8-25;/h1-2,4-5,7,9-14,22-23H,3,6,8,15-20H2;1H. The molecule has 1 aromatic heterocycles. The van der Waals surface area contributed by atoms with E-state index in [0.29, 0.717) is 23.5 Å². The fourth-order valence-electron chi connectivity index (χ4n) is 4.71. The molecule has 0 bridgehead atoms. The van der Waals surface area contributed by atoms with Crippen LogP contribution in [0.4, 0.5) is 5.82 Å². The summed E-state index contributed by atoms with van der Waals surface area (Å²) in [7, 11) is 0. The Morgan fingerprint density at radius 1 is 1.05 bits per heavy atom. The van der Waals surface area contributed by atoms with Crippen molar-refractivity contribution in [3.8, 4) is 6.07 Å². The molecule has 0 spiro atoms. The van der Waals surface area contributed by atoms with E-state index in [2.05, 4.69) is 39.1 Å². The van der Waals surface area contributed by atoms with Gasteiger partial charge in [-0.05, 0) is 67.8 Å². The number of amides is 1. The van der Waals surface area contributed by atoms with Gasteiger partial charge in [-0.3, -0.25) is 14.6 Å². The lowest BCUT2D eigenvalue weighted by molar-refractivity contribution is 0.0840. The van der Waals surface area contributed by atoms with Crippen LogP contribution in [0, 0.1) is 11.3 Å². The number of ether oxygens (including phenoxy) is 2. The van der Waals surface area contributed by atoms with E-state index in [1.165, 1.54) is 0 Å². The van der Waals surface area contributed by atoms with Crippen molar-refractivity contribution in [1.29, 1.82) is 5.26 Å². The second-order valence-electron chi connectivity index (χ2n) is 9.35. The van der Waals surface area contributed by atoms with Crippen LogP contribution in [0.3, 0.4) is 0 Å². The Labute approximate surface area is 235 Å². The maximum atomic E-state index is 13.3. The normalized spacial score (nSPS) is 16.9. The van der Waals surface area contributed by atoms with Crippen molar-refractivity contribution < 1.29 is 14.3 Å². The molecule has 1 aromatic carbocycles. The van der Waals surface area contributed by atoms with Gasteiger partial charge in [-0.25, -0.2) is 4.98 Å². The number of aromatic nitrogens is 1. The van der Waals surface area contributed by atoms with Crippen LogP contribution in [0.2, 0.25) is 0 Å². The highest BCUT2D eigenvalue weighted by Gasteiger charge is 2.24. The van der Waals surface area contributed by atoms with Crippen LogP contribution in [-0.2, 0) is 9.47 Å². The molecule has 0 saturated carbocycles. The molecule has 5 rings (SSSR count). The van der Waals surface area contributed by atoms with Gasteiger partial charge in [0.2, 0.25) is 5.88 Å². The summed E-state index contributed by atoms with van der Waals surface area (Å²) in [6.45, 7) is 4.92. The minimum absolute atomic E-state index is 0. The third-order valence-corrected chi connectivity index (χ3v) is 6.88. The lowest BCUT2D eigenvalue weighted by atomic mass is 10.0. The van der Waals surface area contributed by atoms with Gasteiger partial charge in [-0.1, -0.05) is 24.3 Å². The zero-order valence-corrected chi connectivity index (χ0v) is 22.6. The number of anilines is 1. The van der Waals surface area contributed by atoms with Crippen molar-refractivity contribution in [1.82, 2.24) is 14.8 Å². The second-order valence-corrected chi connectivity index (χ2v) is 9.35. The van der Waals surface area contributed by atoms with E-state index in [0.717, 1.165) is 69.2 Å². The molecule has 0 radical (unpaired) electrons. The van der Waals surface area contributed by atoms with Crippen molar-refractivity contribution in [2.24, 2.45) is 0 Å². The SMILES string of the molecule is Cl.N#Cc1ccc(C(=O)N(CCCN2CCN(C3=COC(C4=CC=CCC4)=CO3)CC2)c2ccccn2)cc1. The lowest BCUT2D eigenvalue weighted by Crippen LogP contribution is -2.47. The highest BCUT2D eigenvalue weighted by molar-refractivity contribution is 6.05. The summed E-state index contributed by atoms with van der Waals surface area (Å²) in [6, 6.07) is 14.4. The molecule has 202 valence electrons. The molecule has 1 fully saturated rings. The van der Waals surface area contributed by atoms with Crippen molar-refractivity contribution in [3.63, 3.8) is 0 Å². The molecule has 3 aliphatic rings. The number of rotatable bonds is 8. The summed E-state index contributed by atoms with van der Waals surface area (Å²) in [5.74, 6) is 2.03. The van der Waals surface area contributed by atoms with Crippen LogP contribution >= 0.6 is 12.4 Å². The van der Waals surface area contributed by atoms with Gasteiger partial charge in [-0.15, -0.1) is 12.4 Å². The Morgan fingerprint density at radius 3 is 2.51 bits per heavy atom. The first-order valence-electron chi connectivity index (χ1n) is 13.0. The van der Waals surface area contributed by atoms with E-state index in [1.807, 2.05) is 18.2 Å². The van der Waals surface area contributed by atoms with Crippen LogP contribution in [-0.4, -0.2) is 60.0 Å². The van der Waals surface area contributed by atoms with Crippen molar-refractivity contribution in [3.05, 3.63) is 108 Å². The predicted molar refractivity (Wildman–Crippen MR) is 152 cm³/mol. The number of piperazine rings is 1. The lowest BCUT2D eigenvalue weighted by Gasteiger charge is -2.37. The Morgan fingerprint density at radius 2 is 1.87 bits per heavy atom. The molecule has 0 N–H and O–H groups in total. The van der Waals surface area contributed by atoms with Crippen molar-refractivity contribution >= 4 is 24.1 Å². The maximum Gasteiger partial charge on any atom is 0.259 e. The molecule has 2 aromatic rings. The first-order valence-corrected chi connectivity index (χ1v) is 13.0. The average molecular weight is 546 g/mol. The molecule has 1 saturated heterocycles. The summed E-state index contributed by atoms with van der Waals surface area (Å²) in [6.07, 6.45) is 14.2. The molecule has 0 unspecified atom stereocenters. The Kier molecular flexibility index (Phi) is 9.79. The number of carbonyl (C=O) groups excluding carboxylic acids is 1. The van der Waals surface area contributed by atoms with Gasteiger partial charge in [0.15, 0.2) is 12.0 Å². The largest absolute Gasteiger partial charge is 0.456 e. The molecule has 2 aliphatic heterocycles. The van der Waals surface area contributed by atoms with Gasteiger partial charge in [0.05, 0.1) is 11.6 Å². The number of halogens is 1. The molecule has 1 aliphatic carbocycles. The smallest absolute Gasteiger partial charge is 0.259 e. The van der Waals surface area contributed by atoms with E-state index >= 15 is 0 Å². The molecular formula is C30H32ClN5O3. The fraction of sp³-hybridized carbons (Fsp3) is 0.300. The number of hydrogen-bond donors (Lipinski definition) is 0. The first-order chi connectivity index (χ1) is 18.7.